The van der Waals surface area contributed by atoms with Crippen LogP contribution in [0.25, 0.3) is 0 Å². The Kier molecular flexibility index (Phi) is 2.57. The molecule has 1 atom stereocenters. The Morgan fingerprint density at radius 3 is 2.93 bits per heavy atom. The fourth-order valence-electron chi connectivity index (χ4n) is 1.72. The maximum atomic E-state index is 11.6. The highest BCUT2D eigenvalue weighted by atomic mass is 16.6. The number of rotatable bonds is 2. The van der Waals surface area contributed by atoms with Crippen LogP contribution in [0.1, 0.15) is 18.7 Å². The summed E-state index contributed by atoms with van der Waals surface area (Å²) in [6.07, 6.45) is -0.688. The minimum atomic E-state index is -0.376. The Hall–Kier alpha value is -1.59. The van der Waals surface area contributed by atoms with Crippen molar-refractivity contribution in [3.63, 3.8) is 0 Å². The topological polar surface area (TPSA) is 67.6 Å². The van der Waals surface area contributed by atoms with Crippen molar-refractivity contribution in [1.29, 1.82) is 0 Å². The molecule has 0 radical (unpaired) electrons. The molecule has 15 heavy (non-hydrogen) atoms. The van der Waals surface area contributed by atoms with Gasteiger partial charge in [0.25, 0.3) is 0 Å². The van der Waals surface area contributed by atoms with Gasteiger partial charge < -0.3 is 4.74 Å². The van der Waals surface area contributed by atoms with Crippen molar-refractivity contribution >= 4 is 6.09 Å². The number of nitrogens with one attached hydrogen (secondary N) is 1. The molecule has 0 aromatic heterocycles. The fourth-order valence-corrected chi connectivity index (χ4v) is 1.72. The van der Waals surface area contributed by atoms with E-state index in [1.54, 1.807) is 6.07 Å². The largest absolute Gasteiger partial charge is 0.416 e. The van der Waals surface area contributed by atoms with E-state index < -0.39 is 0 Å². The van der Waals surface area contributed by atoms with Gasteiger partial charge in [0, 0.05) is 12.1 Å². The van der Waals surface area contributed by atoms with E-state index in [0.29, 0.717) is 12.3 Å². The number of nitrogens with zero attached hydrogens (tertiary/aromatic N) is 1. The molecule has 1 aromatic carbocycles. The molecule has 5 heteroatoms. The number of amides is 1. The maximum absolute atomic E-state index is 11.6. The van der Waals surface area contributed by atoms with E-state index in [-0.39, 0.29) is 12.3 Å². The van der Waals surface area contributed by atoms with Crippen LogP contribution in [0.15, 0.2) is 24.3 Å². The first kappa shape index (κ1) is 9.95. The number of fused-ring (bicyclic) bond motifs is 1. The predicted molar refractivity (Wildman–Crippen MR) is 54.9 cm³/mol. The van der Waals surface area contributed by atoms with Crippen molar-refractivity contribution in [2.45, 2.75) is 13.1 Å². The Morgan fingerprint density at radius 2 is 2.27 bits per heavy atom. The molecule has 0 spiro atoms. The smallest absolute Gasteiger partial charge is 0.410 e. The van der Waals surface area contributed by atoms with E-state index in [1.165, 1.54) is 4.90 Å². The Morgan fingerprint density at radius 1 is 1.53 bits per heavy atom. The van der Waals surface area contributed by atoms with Gasteiger partial charge in [-0.2, -0.15) is 0 Å². The standard InChI is InChI=1S/C10H13N3O2/c1-2-13-9(12-11)7-5-3-4-6-8(7)15-10(13)14/h3-6,9,12H,2,11H2,1H3. The molecule has 5 nitrogen and oxygen atoms in total. The molecule has 1 unspecified atom stereocenters. The summed E-state index contributed by atoms with van der Waals surface area (Å²) in [5.41, 5.74) is 3.49. The molecule has 80 valence electrons. The normalized spacial score (nSPS) is 19.7. The summed E-state index contributed by atoms with van der Waals surface area (Å²) in [4.78, 5) is 13.1. The highest BCUT2D eigenvalue weighted by molar-refractivity contribution is 5.74. The van der Waals surface area contributed by atoms with Gasteiger partial charge in [0.05, 0.1) is 0 Å². The van der Waals surface area contributed by atoms with Gasteiger partial charge in [0.1, 0.15) is 11.9 Å². The van der Waals surface area contributed by atoms with Gasteiger partial charge in [0.2, 0.25) is 0 Å². The summed E-state index contributed by atoms with van der Waals surface area (Å²) in [6.45, 7) is 2.42. The monoisotopic (exact) mass is 207 g/mol. The lowest BCUT2D eigenvalue weighted by molar-refractivity contribution is 0.108. The van der Waals surface area contributed by atoms with Crippen molar-refractivity contribution in [2.24, 2.45) is 5.84 Å². The van der Waals surface area contributed by atoms with Crippen LogP contribution in [0.2, 0.25) is 0 Å². The van der Waals surface area contributed by atoms with Crippen LogP contribution in [0.5, 0.6) is 5.75 Å². The lowest BCUT2D eigenvalue weighted by Gasteiger charge is -2.34. The molecule has 0 bridgehead atoms. The van der Waals surface area contributed by atoms with E-state index in [0.717, 1.165) is 5.56 Å². The average molecular weight is 207 g/mol. The Balaban J connectivity index is 2.44. The summed E-state index contributed by atoms with van der Waals surface area (Å²) in [6, 6.07) is 7.34. The summed E-state index contributed by atoms with van der Waals surface area (Å²) in [5, 5.41) is 0. The third-order valence-corrected chi connectivity index (χ3v) is 2.46. The van der Waals surface area contributed by atoms with Gasteiger partial charge in [-0.1, -0.05) is 18.2 Å². The van der Waals surface area contributed by atoms with Gasteiger partial charge >= 0.3 is 6.09 Å². The van der Waals surface area contributed by atoms with Gasteiger partial charge in [-0.25, -0.2) is 10.2 Å². The second-order valence-corrected chi connectivity index (χ2v) is 3.26. The zero-order valence-corrected chi connectivity index (χ0v) is 8.43. The van der Waals surface area contributed by atoms with Gasteiger partial charge in [0.15, 0.2) is 0 Å². The lowest BCUT2D eigenvalue weighted by Crippen LogP contribution is -2.48. The highest BCUT2D eigenvalue weighted by Gasteiger charge is 2.32. The third-order valence-electron chi connectivity index (χ3n) is 2.46. The van der Waals surface area contributed by atoms with Crippen LogP contribution in [0.4, 0.5) is 4.79 Å². The number of hydrazine groups is 1. The van der Waals surface area contributed by atoms with Crippen LogP contribution >= 0.6 is 0 Å². The molecule has 1 aliphatic rings. The first-order valence-corrected chi connectivity index (χ1v) is 4.81. The molecule has 0 saturated heterocycles. The molecule has 0 aliphatic carbocycles. The van der Waals surface area contributed by atoms with E-state index in [1.807, 2.05) is 25.1 Å². The number of nitrogens with two attached hydrogens (primary N) is 1. The van der Waals surface area contributed by atoms with Crippen molar-refractivity contribution in [3.8, 4) is 5.75 Å². The zero-order valence-electron chi connectivity index (χ0n) is 8.43. The second kappa shape index (κ2) is 3.88. The zero-order chi connectivity index (χ0) is 10.8. The van der Waals surface area contributed by atoms with Crippen molar-refractivity contribution in [2.75, 3.05) is 6.54 Å². The summed E-state index contributed by atoms with van der Waals surface area (Å²) >= 11 is 0. The first-order valence-electron chi connectivity index (χ1n) is 4.81. The van der Waals surface area contributed by atoms with Crippen LogP contribution in [0.3, 0.4) is 0 Å². The van der Waals surface area contributed by atoms with Crippen LogP contribution in [-0.2, 0) is 0 Å². The van der Waals surface area contributed by atoms with Gasteiger partial charge in [-0.15, -0.1) is 0 Å². The Labute approximate surface area is 87.8 Å². The minimum Gasteiger partial charge on any atom is -0.410 e. The molecule has 0 fully saturated rings. The number of carbonyl (C=O) groups is 1. The second-order valence-electron chi connectivity index (χ2n) is 3.26. The van der Waals surface area contributed by atoms with Crippen molar-refractivity contribution in [1.82, 2.24) is 10.3 Å². The predicted octanol–water partition coefficient (Wildman–Crippen LogP) is 0.983. The lowest BCUT2D eigenvalue weighted by atomic mass is 10.1. The number of benzene rings is 1. The van der Waals surface area contributed by atoms with Gasteiger partial charge in [-0.3, -0.25) is 10.7 Å². The van der Waals surface area contributed by atoms with Crippen LogP contribution < -0.4 is 16.0 Å². The molecule has 2 rings (SSSR count). The minimum absolute atomic E-state index is 0.313. The van der Waals surface area contributed by atoms with Crippen LogP contribution in [-0.4, -0.2) is 17.5 Å². The Bertz CT molecular complexity index is 381. The highest BCUT2D eigenvalue weighted by Crippen LogP contribution is 2.32. The number of para-hydroxylation sites is 1. The molecule has 3 N–H and O–H groups in total. The number of hydrogen-bond acceptors (Lipinski definition) is 4. The number of hydrogen-bond donors (Lipinski definition) is 2. The molecule has 1 heterocycles. The molecule has 0 saturated carbocycles. The van der Waals surface area contributed by atoms with Crippen LogP contribution in [0, 0.1) is 0 Å². The third kappa shape index (κ3) is 1.55. The first-order chi connectivity index (χ1) is 7.27. The number of carbonyl (C=O) groups excluding carboxylic acids is 1. The van der Waals surface area contributed by atoms with E-state index in [2.05, 4.69) is 5.43 Å². The maximum Gasteiger partial charge on any atom is 0.416 e. The molecule has 1 aromatic rings. The molecular weight excluding hydrogens is 194 g/mol. The fraction of sp³-hybridized carbons (Fsp3) is 0.300. The van der Waals surface area contributed by atoms with Crippen molar-refractivity contribution in [3.05, 3.63) is 29.8 Å². The van der Waals surface area contributed by atoms with E-state index >= 15 is 0 Å². The summed E-state index contributed by atoms with van der Waals surface area (Å²) < 4.78 is 5.16. The summed E-state index contributed by atoms with van der Waals surface area (Å²) in [5.74, 6) is 6.01. The van der Waals surface area contributed by atoms with Crippen molar-refractivity contribution < 1.29 is 9.53 Å². The quantitative estimate of drug-likeness (QED) is 0.560. The van der Waals surface area contributed by atoms with Gasteiger partial charge in [-0.05, 0) is 13.0 Å². The number of ether oxygens (including phenoxy) is 1. The molecular formula is C10H13N3O2. The van der Waals surface area contributed by atoms with E-state index in [9.17, 15) is 4.79 Å². The molecule has 1 amide bonds. The SMILES string of the molecule is CCN1C(=O)Oc2ccccc2C1NN. The van der Waals surface area contributed by atoms with E-state index in [4.69, 9.17) is 10.6 Å². The summed E-state index contributed by atoms with van der Waals surface area (Å²) in [7, 11) is 0. The molecule has 1 aliphatic heterocycles. The average Bonchev–Trinajstić information content (AvgIpc) is 2.27.